The molecule has 0 saturated carbocycles. The predicted molar refractivity (Wildman–Crippen MR) is 114 cm³/mol. The van der Waals surface area contributed by atoms with Gasteiger partial charge in [0.1, 0.15) is 5.82 Å². The summed E-state index contributed by atoms with van der Waals surface area (Å²) in [7, 11) is 0. The van der Waals surface area contributed by atoms with E-state index in [1.807, 2.05) is 28.8 Å². The molecule has 1 fully saturated rings. The van der Waals surface area contributed by atoms with Crippen LogP contribution in [0.3, 0.4) is 0 Å². The van der Waals surface area contributed by atoms with Crippen molar-refractivity contribution in [1.82, 2.24) is 25.1 Å². The third kappa shape index (κ3) is 4.23. The van der Waals surface area contributed by atoms with Crippen molar-refractivity contribution in [2.24, 2.45) is 5.92 Å². The largest absolute Gasteiger partial charge is 0.356 e. The topological polar surface area (TPSA) is 75.4 Å². The number of benzene rings is 1. The minimum absolute atomic E-state index is 0.102. The van der Waals surface area contributed by atoms with Gasteiger partial charge in [-0.1, -0.05) is 43.2 Å². The molecule has 0 aliphatic carbocycles. The average molecular weight is 393 g/mol. The first-order valence-electron chi connectivity index (χ1n) is 10.5. The molecule has 1 aromatic carbocycles. The fourth-order valence-corrected chi connectivity index (χ4v) is 3.73. The zero-order valence-corrected chi connectivity index (χ0v) is 17.1. The van der Waals surface area contributed by atoms with Gasteiger partial charge in [-0.3, -0.25) is 4.79 Å². The number of hydrogen-bond donors (Lipinski definition) is 1. The highest BCUT2D eigenvalue weighted by molar-refractivity contribution is 5.79. The van der Waals surface area contributed by atoms with Crippen LogP contribution in [0.5, 0.6) is 0 Å². The number of aryl methyl sites for hydroxylation is 1. The number of fused-ring (bicyclic) bond motifs is 1. The number of carbonyl (C=O) groups is 1. The Morgan fingerprint density at radius 1 is 1.10 bits per heavy atom. The normalized spacial score (nSPS) is 15.0. The zero-order valence-electron chi connectivity index (χ0n) is 17.1. The van der Waals surface area contributed by atoms with Gasteiger partial charge in [0.2, 0.25) is 5.91 Å². The lowest BCUT2D eigenvalue weighted by molar-refractivity contribution is -0.125. The Labute approximate surface area is 171 Å². The molecule has 1 aliphatic heterocycles. The maximum atomic E-state index is 12.3. The van der Waals surface area contributed by atoms with Gasteiger partial charge in [0.15, 0.2) is 11.5 Å². The molecule has 0 unspecified atom stereocenters. The second-order valence-electron chi connectivity index (χ2n) is 7.76. The molecular formula is C22H28N6O. The van der Waals surface area contributed by atoms with Gasteiger partial charge < -0.3 is 10.2 Å². The number of nitrogens with zero attached hydrogens (tertiary/aromatic N) is 5. The van der Waals surface area contributed by atoms with Gasteiger partial charge >= 0.3 is 0 Å². The van der Waals surface area contributed by atoms with Crippen molar-refractivity contribution in [2.75, 3.05) is 24.5 Å². The first-order valence-corrected chi connectivity index (χ1v) is 10.5. The van der Waals surface area contributed by atoms with Crippen molar-refractivity contribution in [3.05, 3.63) is 42.0 Å². The molecule has 29 heavy (non-hydrogen) atoms. The maximum absolute atomic E-state index is 12.3. The molecule has 0 bridgehead atoms. The number of carbonyl (C=O) groups excluding carboxylic acids is 1. The van der Waals surface area contributed by atoms with Crippen molar-refractivity contribution < 1.29 is 4.79 Å². The van der Waals surface area contributed by atoms with E-state index in [9.17, 15) is 4.79 Å². The standard InChI is InChI=1S/C22H28N6O/c1-3-4-13-23-22(29)18-11-14-27(15-12-18)20-10-9-19-24-25-21(28(19)26-20)17-7-5-16(2)6-8-17/h5-10,18H,3-4,11-15H2,1-2H3,(H,23,29). The molecule has 0 spiro atoms. The summed E-state index contributed by atoms with van der Waals surface area (Å²) in [5, 5.41) is 16.5. The monoisotopic (exact) mass is 392 g/mol. The third-order valence-electron chi connectivity index (χ3n) is 5.58. The lowest BCUT2D eigenvalue weighted by Crippen LogP contribution is -2.41. The molecular weight excluding hydrogens is 364 g/mol. The minimum atomic E-state index is 0.102. The van der Waals surface area contributed by atoms with E-state index in [1.165, 1.54) is 5.56 Å². The van der Waals surface area contributed by atoms with Gasteiger partial charge in [-0.05, 0) is 38.3 Å². The average Bonchev–Trinajstić information content (AvgIpc) is 3.18. The third-order valence-corrected chi connectivity index (χ3v) is 5.58. The van der Waals surface area contributed by atoms with E-state index >= 15 is 0 Å². The Balaban J connectivity index is 1.47. The number of hydrogen-bond acceptors (Lipinski definition) is 5. The second kappa shape index (κ2) is 8.59. The Hall–Kier alpha value is -2.96. The van der Waals surface area contributed by atoms with Crippen LogP contribution in [-0.4, -0.2) is 45.4 Å². The molecule has 2 aromatic heterocycles. The summed E-state index contributed by atoms with van der Waals surface area (Å²) < 4.78 is 1.81. The van der Waals surface area contributed by atoms with Gasteiger partial charge in [0.05, 0.1) is 0 Å². The summed E-state index contributed by atoms with van der Waals surface area (Å²) in [6.07, 6.45) is 3.84. The number of nitrogens with one attached hydrogen (secondary N) is 1. The summed E-state index contributed by atoms with van der Waals surface area (Å²) in [5.41, 5.74) is 2.93. The summed E-state index contributed by atoms with van der Waals surface area (Å²) >= 11 is 0. The molecule has 3 aromatic rings. The van der Waals surface area contributed by atoms with E-state index in [4.69, 9.17) is 5.10 Å². The van der Waals surface area contributed by atoms with E-state index in [0.717, 1.165) is 68.2 Å². The van der Waals surface area contributed by atoms with Crippen molar-refractivity contribution in [3.8, 4) is 11.4 Å². The Morgan fingerprint density at radius 2 is 1.86 bits per heavy atom. The van der Waals surface area contributed by atoms with Gasteiger partial charge in [-0.2, -0.15) is 4.52 Å². The Morgan fingerprint density at radius 3 is 2.59 bits per heavy atom. The predicted octanol–water partition coefficient (Wildman–Crippen LogP) is 3.23. The minimum Gasteiger partial charge on any atom is -0.356 e. The molecule has 0 radical (unpaired) electrons. The fraction of sp³-hybridized carbons (Fsp3) is 0.455. The van der Waals surface area contributed by atoms with Crippen LogP contribution in [0.1, 0.15) is 38.2 Å². The number of piperidine rings is 1. The maximum Gasteiger partial charge on any atom is 0.223 e. The molecule has 1 saturated heterocycles. The van der Waals surface area contributed by atoms with Gasteiger partial charge in [-0.15, -0.1) is 15.3 Å². The fourth-order valence-electron chi connectivity index (χ4n) is 3.73. The number of aromatic nitrogens is 4. The van der Waals surface area contributed by atoms with Crippen LogP contribution in [-0.2, 0) is 4.79 Å². The number of anilines is 1. The van der Waals surface area contributed by atoms with Crippen molar-refractivity contribution in [2.45, 2.75) is 39.5 Å². The number of rotatable bonds is 6. The van der Waals surface area contributed by atoms with Gasteiger partial charge in [0, 0.05) is 31.1 Å². The first kappa shape index (κ1) is 19.4. The Kier molecular flexibility index (Phi) is 5.74. The molecule has 1 N–H and O–H groups in total. The second-order valence-corrected chi connectivity index (χ2v) is 7.76. The molecule has 4 rings (SSSR count). The Bertz CT molecular complexity index is 973. The van der Waals surface area contributed by atoms with E-state index in [1.54, 1.807) is 0 Å². The molecule has 1 amide bonds. The van der Waals surface area contributed by atoms with E-state index in [2.05, 4.69) is 46.4 Å². The molecule has 152 valence electrons. The van der Waals surface area contributed by atoms with Crippen molar-refractivity contribution >= 4 is 17.4 Å². The lowest BCUT2D eigenvalue weighted by atomic mass is 9.96. The van der Waals surface area contributed by atoms with Gasteiger partial charge in [0.25, 0.3) is 0 Å². The number of amides is 1. The highest BCUT2D eigenvalue weighted by Gasteiger charge is 2.25. The van der Waals surface area contributed by atoms with E-state index in [-0.39, 0.29) is 11.8 Å². The number of unbranched alkanes of at least 4 members (excludes halogenated alkanes) is 1. The summed E-state index contributed by atoms with van der Waals surface area (Å²) in [6, 6.07) is 12.2. The lowest BCUT2D eigenvalue weighted by Gasteiger charge is -2.32. The summed E-state index contributed by atoms with van der Waals surface area (Å²) in [5.74, 6) is 1.94. The van der Waals surface area contributed by atoms with Crippen molar-refractivity contribution in [3.63, 3.8) is 0 Å². The first-order chi connectivity index (χ1) is 14.2. The highest BCUT2D eigenvalue weighted by atomic mass is 16.1. The van der Waals surface area contributed by atoms with Crippen LogP contribution < -0.4 is 10.2 Å². The molecule has 1 aliphatic rings. The van der Waals surface area contributed by atoms with Crippen LogP contribution in [0.2, 0.25) is 0 Å². The van der Waals surface area contributed by atoms with Crippen LogP contribution >= 0.6 is 0 Å². The smallest absolute Gasteiger partial charge is 0.223 e. The molecule has 0 atom stereocenters. The SMILES string of the molecule is CCCCNC(=O)C1CCN(c2ccc3nnc(-c4ccc(C)cc4)n3n2)CC1. The highest BCUT2D eigenvalue weighted by Crippen LogP contribution is 2.24. The molecule has 7 heteroatoms. The molecule has 7 nitrogen and oxygen atoms in total. The quantitative estimate of drug-likeness (QED) is 0.652. The molecule has 3 heterocycles. The summed E-state index contributed by atoms with van der Waals surface area (Å²) in [6.45, 7) is 6.63. The van der Waals surface area contributed by atoms with Gasteiger partial charge in [-0.25, -0.2) is 0 Å². The van der Waals surface area contributed by atoms with Crippen LogP contribution in [0.15, 0.2) is 36.4 Å². The van der Waals surface area contributed by atoms with Crippen LogP contribution in [0, 0.1) is 12.8 Å². The van der Waals surface area contributed by atoms with Crippen LogP contribution in [0.25, 0.3) is 17.0 Å². The van der Waals surface area contributed by atoms with E-state index in [0.29, 0.717) is 0 Å². The van der Waals surface area contributed by atoms with E-state index < -0.39 is 0 Å². The summed E-state index contributed by atoms with van der Waals surface area (Å²) in [4.78, 5) is 14.6. The zero-order chi connectivity index (χ0) is 20.2. The van der Waals surface area contributed by atoms with Crippen LogP contribution in [0.4, 0.5) is 5.82 Å². The van der Waals surface area contributed by atoms with Crippen molar-refractivity contribution in [1.29, 1.82) is 0 Å².